The summed E-state index contributed by atoms with van der Waals surface area (Å²) in [4.78, 5) is 15.7. The highest BCUT2D eigenvalue weighted by atomic mass is 19.1. The Morgan fingerprint density at radius 1 is 1.14 bits per heavy atom. The minimum Gasteiger partial charge on any atom is -0.357 e. The standard InChI is InChI=1S/C16H25FN4O/c1-3-10-19-15(22)12-21-16(18-4-2)20-11-9-13-7-5-6-8-14(13)17/h5-8H,3-4,9-12H2,1-2H3,(H,19,22)(H2,18,20,21). The molecule has 0 saturated carbocycles. The van der Waals surface area contributed by atoms with Crippen molar-refractivity contribution in [3.05, 3.63) is 35.6 Å². The molecule has 0 radical (unpaired) electrons. The van der Waals surface area contributed by atoms with E-state index in [0.717, 1.165) is 6.42 Å². The summed E-state index contributed by atoms with van der Waals surface area (Å²) in [5.41, 5.74) is 0.659. The number of guanidine groups is 1. The van der Waals surface area contributed by atoms with Crippen molar-refractivity contribution in [3.63, 3.8) is 0 Å². The zero-order valence-corrected chi connectivity index (χ0v) is 13.3. The van der Waals surface area contributed by atoms with Crippen LogP contribution in [0.3, 0.4) is 0 Å². The van der Waals surface area contributed by atoms with Crippen LogP contribution in [0.2, 0.25) is 0 Å². The smallest absolute Gasteiger partial charge is 0.241 e. The molecule has 0 aliphatic carbocycles. The van der Waals surface area contributed by atoms with E-state index in [2.05, 4.69) is 20.9 Å². The highest BCUT2D eigenvalue weighted by Gasteiger charge is 2.03. The second-order valence-corrected chi connectivity index (χ2v) is 4.81. The number of aliphatic imine (C=N–C) groups is 1. The molecular formula is C16H25FN4O. The topological polar surface area (TPSA) is 65.5 Å². The molecule has 0 aliphatic rings. The Balaban J connectivity index is 2.43. The fourth-order valence-corrected chi connectivity index (χ4v) is 1.83. The van der Waals surface area contributed by atoms with Crippen LogP contribution < -0.4 is 16.0 Å². The summed E-state index contributed by atoms with van der Waals surface area (Å²) in [6.45, 7) is 5.93. The van der Waals surface area contributed by atoms with Crippen molar-refractivity contribution in [2.45, 2.75) is 26.7 Å². The number of halogens is 1. The molecule has 0 atom stereocenters. The second kappa shape index (κ2) is 10.6. The largest absolute Gasteiger partial charge is 0.357 e. The Hall–Kier alpha value is -2.11. The number of benzene rings is 1. The van der Waals surface area contributed by atoms with Gasteiger partial charge in [0, 0.05) is 19.6 Å². The number of carbonyl (C=O) groups excluding carboxylic acids is 1. The fourth-order valence-electron chi connectivity index (χ4n) is 1.83. The van der Waals surface area contributed by atoms with Crippen LogP contribution in [0.1, 0.15) is 25.8 Å². The third-order valence-corrected chi connectivity index (χ3v) is 2.94. The number of carbonyl (C=O) groups is 1. The predicted molar refractivity (Wildman–Crippen MR) is 87.4 cm³/mol. The van der Waals surface area contributed by atoms with Crippen molar-refractivity contribution in [3.8, 4) is 0 Å². The van der Waals surface area contributed by atoms with Crippen molar-refractivity contribution in [2.24, 2.45) is 4.99 Å². The molecule has 0 heterocycles. The molecule has 122 valence electrons. The summed E-state index contributed by atoms with van der Waals surface area (Å²) >= 11 is 0. The maximum absolute atomic E-state index is 13.5. The van der Waals surface area contributed by atoms with Gasteiger partial charge in [-0.1, -0.05) is 25.1 Å². The van der Waals surface area contributed by atoms with Gasteiger partial charge in [0.2, 0.25) is 5.91 Å². The van der Waals surface area contributed by atoms with E-state index in [1.807, 2.05) is 19.9 Å². The van der Waals surface area contributed by atoms with Crippen molar-refractivity contribution < 1.29 is 9.18 Å². The van der Waals surface area contributed by atoms with Crippen LogP contribution in [-0.2, 0) is 11.2 Å². The van der Waals surface area contributed by atoms with Gasteiger partial charge in [0.15, 0.2) is 5.96 Å². The van der Waals surface area contributed by atoms with Crippen LogP contribution in [-0.4, -0.2) is 38.0 Å². The number of nitrogens with zero attached hydrogens (tertiary/aromatic N) is 1. The van der Waals surface area contributed by atoms with E-state index in [9.17, 15) is 9.18 Å². The van der Waals surface area contributed by atoms with Gasteiger partial charge in [0.05, 0.1) is 0 Å². The van der Waals surface area contributed by atoms with Gasteiger partial charge in [-0.2, -0.15) is 0 Å². The van der Waals surface area contributed by atoms with Gasteiger partial charge in [0.25, 0.3) is 0 Å². The minimum atomic E-state index is -0.204. The Bertz CT molecular complexity index is 491. The molecule has 1 aromatic carbocycles. The molecule has 1 rings (SSSR count). The Morgan fingerprint density at radius 2 is 1.91 bits per heavy atom. The molecular weight excluding hydrogens is 283 g/mol. The first-order chi connectivity index (χ1) is 10.7. The van der Waals surface area contributed by atoms with Gasteiger partial charge in [0.1, 0.15) is 12.4 Å². The van der Waals surface area contributed by atoms with E-state index >= 15 is 0 Å². The van der Waals surface area contributed by atoms with Crippen molar-refractivity contribution in [2.75, 3.05) is 26.2 Å². The minimum absolute atomic E-state index is 0.0784. The Labute approximate surface area is 131 Å². The lowest BCUT2D eigenvalue weighted by Crippen LogP contribution is -2.39. The number of nitrogens with one attached hydrogen (secondary N) is 3. The van der Waals surface area contributed by atoms with Crippen LogP contribution in [0.25, 0.3) is 0 Å². The summed E-state index contributed by atoms with van der Waals surface area (Å²) in [6, 6.07) is 6.70. The zero-order chi connectivity index (χ0) is 16.2. The molecule has 0 saturated heterocycles. The molecule has 1 aromatic rings. The lowest BCUT2D eigenvalue weighted by atomic mass is 10.1. The average Bonchev–Trinajstić information content (AvgIpc) is 2.52. The molecule has 3 N–H and O–H groups in total. The molecule has 22 heavy (non-hydrogen) atoms. The number of hydrogen-bond donors (Lipinski definition) is 3. The van der Waals surface area contributed by atoms with Crippen molar-refractivity contribution in [1.82, 2.24) is 16.0 Å². The van der Waals surface area contributed by atoms with E-state index in [1.54, 1.807) is 12.1 Å². The van der Waals surface area contributed by atoms with E-state index in [-0.39, 0.29) is 18.3 Å². The maximum Gasteiger partial charge on any atom is 0.241 e. The van der Waals surface area contributed by atoms with E-state index in [1.165, 1.54) is 6.07 Å². The number of rotatable bonds is 8. The van der Waals surface area contributed by atoms with Gasteiger partial charge in [-0.15, -0.1) is 0 Å². The molecule has 1 amide bonds. The van der Waals surface area contributed by atoms with Crippen LogP contribution >= 0.6 is 0 Å². The molecule has 0 unspecified atom stereocenters. The van der Waals surface area contributed by atoms with Crippen molar-refractivity contribution in [1.29, 1.82) is 0 Å². The highest BCUT2D eigenvalue weighted by Crippen LogP contribution is 2.05. The quantitative estimate of drug-likeness (QED) is 0.503. The van der Waals surface area contributed by atoms with Crippen LogP contribution in [0.4, 0.5) is 4.39 Å². The fraction of sp³-hybridized carbons (Fsp3) is 0.500. The maximum atomic E-state index is 13.5. The molecule has 5 nitrogen and oxygen atoms in total. The van der Waals surface area contributed by atoms with Gasteiger partial charge in [-0.25, -0.2) is 9.38 Å². The number of amides is 1. The first-order valence-electron chi connectivity index (χ1n) is 7.69. The van der Waals surface area contributed by atoms with Gasteiger partial charge in [-0.05, 0) is 31.4 Å². The second-order valence-electron chi connectivity index (χ2n) is 4.81. The molecule has 0 aliphatic heterocycles. The monoisotopic (exact) mass is 308 g/mol. The zero-order valence-electron chi connectivity index (χ0n) is 13.3. The Kier molecular flexibility index (Phi) is 8.64. The first-order valence-corrected chi connectivity index (χ1v) is 7.69. The molecule has 0 bridgehead atoms. The van der Waals surface area contributed by atoms with Crippen molar-refractivity contribution >= 4 is 11.9 Å². The number of hydrogen-bond acceptors (Lipinski definition) is 2. The predicted octanol–water partition coefficient (Wildman–Crippen LogP) is 1.45. The van der Waals surface area contributed by atoms with Gasteiger partial charge in [-0.3, -0.25) is 4.79 Å². The van der Waals surface area contributed by atoms with Crippen LogP contribution in [0.15, 0.2) is 29.3 Å². The summed E-state index contributed by atoms with van der Waals surface area (Å²) in [6.07, 6.45) is 1.45. The molecule has 0 spiro atoms. The van der Waals surface area contributed by atoms with Crippen LogP contribution in [0, 0.1) is 5.82 Å². The highest BCUT2D eigenvalue weighted by molar-refractivity contribution is 5.84. The SMILES string of the molecule is CCCNC(=O)CN=C(NCC)NCCc1ccccc1F. The normalized spacial score (nSPS) is 11.1. The summed E-state index contributed by atoms with van der Waals surface area (Å²) in [5, 5.41) is 8.93. The van der Waals surface area contributed by atoms with E-state index in [4.69, 9.17) is 0 Å². The summed E-state index contributed by atoms with van der Waals surface area (Å²) in [5.74, 6) is 0.254. The van der Waals surface area contributed by atoms with E-state index in [0.29, 0.717) is 37.6 Å². The van der Waals surface area contributed by atoms with E-state index < -0.39 is 0 Å². The average molecular weight is 308 g/mol. The first kappa shape index (κ1) is 17.9. The lowest BCUT2D eigenvalue weighted by Gasteiger charge is -2.11. The Morgan fingerprint density at radius 3 is 2.59 bits per heavy atom. The molecule has 0 aromatic heterocycles. The lowest BCUT2D eigenvalue weighted by molar-refractivity contribution is -0.119. The molecule has 0 fully saturated rings. The van der Waals surface area contributed by atoms with Crippen LogP contribution in [0.5, 0.6) is 0 Å². The third kappa shape index (κ3) is 7.06. The third-order valence-electron chi connectivity index (χ3n) is 2.94. The van der Waals surface area contributed by atoms with Gasteiger partial charge >= 0.3 is 0 Å². The summed E-state index contributed by atoms with van der Waals surface area (Å²) < 4.78 is 13.5. The summed E-state index contributed by atoms with van der Waals surface area (Å²) in [7, 11) is 0. The molecule has 6 heteroatoms. The van der Waals surface area contributed by atoms with Gasteiger partial charge < -0.3 is 16.0 Å².